The molecule has 3 nitrogen and oxygen atoms in total. The number of hydrogen-bond donors (Lipinski definition) is 1. The molecule has 0 spiro atoms. The summed E-state index contributed by atoms with van der Waals surface area (Å²) in [6, 6.07) is 1.12. The smallest absolute Gasteiger partial charge is 0.0377 e. The average Bonchev–Trinajstić information content (AvgIpc) is 3.04. The second-order valence-corrected chi connectivity index (χ2v) is 5.17. The summed E-state index contributed by atoms with van der Waals surface area (Å²) in [4.78, 5) is 5.25. The van der Waals surface area contributed by atoms with Crippen LogP contribution in [0.3, 0.4) is 0 Å². The number of piperazine rings is 1. The van der Waals surface area contributed by atoms with Crippen molar-refractivity contribution >= 4 is 0 Å². The van der Waals surface area contributed by atoms with Crippen LogP contribution in [0, 0.1) is 5.92 Å². The lowest BCUT2D eigenvalue weighted by Gasteiger charge is -2.40. The van der Waals surface area contributed by atoms with Crippen LogP contribution in [0.1, 0.15) is 19.3 Å². The van der Waals surface area contributed by atoms with Crippen LogP contribution in [0.5, 0.6) is 0 Å². The number of nitrogens with zero attached hydrogens (tertiary/aromatic N) is 2. The molecule has 4 rings (SSSR count). The minimum atomic E-state index is 0.455. The van der Waals surface area contributed by atoms with E-state index in [0.717, 1.165) is 5.92 Å². The van der Waals surface area contributed by atoms with Crippen molar-refractivity contribution in [1.82, 2.24) is 9.80 Å². The molecule has 0 amide bonds. The van der Waals surface area contributed by atoms with Gasteiger partial charge in [-0.2, -0.15) is 0 Å². The van der Waals surface area contributed by atoms with E-state index in [-0.39, 0.29) is 0 Å². The first-order valence-corrected chi connectivity index (χ1v) is 6.06. The van der Waals surface area contributed by atoms with Crippen LogP contribution < -0.4 is 5.73 Å². The third kappa shape index (κ3) is 1.58. The molecular formula is C11H21N3. The molecule has 0 radical (unpaired) electrons. The van der Waals surface area contributed by atoms with Gasteiger partial charge in [-0.05, 0) is 38.3 Å². The highest BCUT2D eigenvalue weighted by atomic mass is 15.3. The normalized spacial score (nSPS) is 44.8. The van der Waals surface area contributed by atoms with E-state index in [1.165, 1.54) is 52.0 Å². The van der Waals surface area contributed by atoms with Crippen molar-refractivity contribution in [1.29, 1.82) is 0 Å². The fraction of sp³-hybridized carbons (Fsp3) is 1.00. The number of rotatable bonds is 2. The zero-order chi connectivity index (χ0) is 9.54. The van der Waals surface area contributed by atoms with Gasteiger partial charge in [0.25, 0.3) is 0 Å². The molecule has 3 aliphatic heterocycles. The van der Waals surface area contributed by atoms with Gasteiger partial charge in [-0.3, -0.25) is 4.90 Å². The number of hydrogen-bond acceptors (Lipinski definition) is 3. The summed E-state index contributed by atoms with van der Waals surface area (Å²) in [6.07, 6.45) is 4.10. The largest absolute Gasteiger partial charge is 0.326 e. The van der Waals surface area contributed by atoms with Gasteiger partial charge in [-0.25, -0.2) is 0 Å². The Morgan fingerprint density at radius 2 is 1.93 bits per heavy atom. The van der Waals surface area contributed by atoms with Crippen molar-refractivity contribution in [3.8, 4) is 0 Å². The van der Waals surface area contributed by atoms with E-state index in [1.807, 2.05) is 0 Å². The maximum absolute atomic E-state index is 6.34. The predicted octanol–water partition coefficient (Wildman–Crippen LogP) is 0.114. The standard InChI is InChI=1S/C11H21N3/c12-11(9-2-3-9)10-8-13-4-1-5-14(10)7-6-13/h9-11H,1-8,12H2. The molecule has 80 valence electrons. The van der Waals surface area contributed by atoms with Crippen LogP contribution in [0.4, 0.5) is 0 Å². The maximum Gasteiger partial charge on any atom is 0.0377 e. The van der Waals surface area contributed by atoms with Crippen molar-refractivity contribution < 1.29 is 0 Å². The van der Waals surface area contributed by atoms with Crippen LogP contribution in [0.15, 0.2) is 0 Å². The Morgan fingerprint density at radius 3 is 2.71 bits per heavy atom. The maximum atomic E-state index is 6.34. The molecule has 0 aromatic rings. The molecule has 4 aliphatic rings. The van der Waals surface area contributed by atoms with Crippen molar-refractivity contribution in [2.45, 2.75) is 31.3 Å². The highest BCUT2D eigenvalue weighted by molar-refractivity contribution is 4.98. The first-order chi connectivity index (χ1) is 6.84. The number of nitrogens with two attached hydrogens (primary N) is 1. The summed E-state index contributed by atoms with van der Waals surface area (Å²) in [7, 11) is 0. The van der Waals surface area contributed by atoms with Crippen LogP contribution in [0.25, 0.3) is 0 Å². The predicted molar refractivity (Wildman–Crippen MR) is 57.1 cm³/mol. The molecule has 3 saturated heterocycles. The van der Waals surface area contributed by atoms with Gasteiger partial charge in [0, 0.05) is 31.7 Å². The second kappa shape index (κ2) is 3.47. The molecule has 4 atom stereocenters. The minimum absolute atomic E-state index is 0.455. The van der Waals surface area contributed by atoms with E-state index in [1.54, 1.807) is 0 Å². The molecule has 4 fully saturated rings. The van der Waals surface area contributed by atoms with Gasteiger partial charge in [0.15, 0.2) is 0 Å². The molecule has 3 heterocycles. The zero-order valence-corrected chi connectivity index (χ0v) is 8.86. The summed E-state index contributed by atoms with van der Waals surface area (Å²) in [6.45, 7) is 6.34. The Balaban J connectivity index is 1.72. The number of fused-ring (bicyclic) bond motifs is 4. The van der Waals surface area contributed by atoms with Gasteiger partial charge in [0.2, 0.25) is 0 Å². The zero-order valence-electron chi connectivity index (χ0n) is 8.86. The summed E-state index contributed by atoms with van der Waals surface area (Å²) >= 11 is 0. The summed E-state index contributed by atoms with van der Waals surface area (Å²) < 4.78 is 0. The Bertz CT molecular complexity index is 211. The van der Waals surface area contributed by atoms with Gasteiger partial charge < -0.3 is 10.6 Å². The highest BCUT2D eigenvalue weighted by Crippen LogP contribution is 2.35. The first-order valence-electron chi connectivity index (χ1n) is 6.06. The van der Waals surface area contributed by atoms with Crippen molar-refractivity contribution in [2.24, 2.45) is 11.7 Å². The van der Waals surface area contributed by atoms with E-state index in [2.05, 4.69) is 9.80 Å². The van der Waals surface area contributed by atoms with Gasteiger partial charge in [-0.1, -0.05) is 0 Å². The van der Waals surface area contributed by atoms with Crippen molar-refractivity contribution in [3.63, 3.8) is 0 Å². The molecule has 1 aliphatic carbocycles. The SMILES string of the molecule is NC(C1CC1)C1CN2CCCN1CC2. The minimum Gasteiger partial charge on any atom is -0.326 e. The summed E-state index contributed by atoms with van der Waals surface area (Å²) in [5, 5.41) is 0. The first kappa shape index (κ1) is 9.13. The second-order valence-electron chi connectivity index (χ2n) is 5.17. The Labute approximate surface area is 86.2 Å². The van der Waals surface area contributed by atoms with E-state index in [4.69, 9.17) is 5.73 Å². The monoisotopic (exact) mass is 195 g/mol. The molecule has 2 bridgehead atoms. The molecule has 2 N–H and O–H groups in total. The van der Waals surface area contributed by atoms with Gasteiger partial charge >= 0.3 is 0 Å². The van der Waals surface area contributed by atoms with Crippen LogP contribution in [-0.2, 0) is 0 Å². The van der Waals surface area contributed by atoms with E-state index in [0.29, 0.717) is 12.1 Å². The summed E-state index contributed by atoms with van der Waals surface area (Å²) in [5.74, 6) is 0.848. The van der Waals surface area contributed by atoms with E-state index in [9.17, 15) is 0 Å². The lowest BCUT2D eigenvalue weighted by molar-refractivity contribution is 0.0915. The van der Waals surface area contributed by atoms with E-state index >= 15 is 0 Å². The lowest BCUT2D eigenvalue weighted by atomic mass is 10.0. The molecule has 14 heavy (non-hydrogen) atoms. The molecule has 1 saturated carbocycles. The van der Waals surface area contributed by atoms with Gasteiger partial charge in [-0.15, -0.1) is 0 Å². The summed E-state index contributed by atoms with van der Waals surface area (Å²) in [5.41, 5.74) is 6.34. The molecule has 3 heteroatoms. The molecule has 0 aromatic carbocycles. The molecular weight excluding hydrogens is 174 g/mol. The Morgan fingerprint density at radius 1 is 1.07 bits per heavy atom. The van der Waals surface area contributed by atoms with Gasteiger partial charge in [0.05, 0.1) is 0 Å². The topological polar surface area (TPSA) is 32.5 Å². The Kier molecular flexibility index (Phi) is 2.26. The Hall–Kier alpha value is -0.120. The lowest BCUT2D eigenvalue weighted by Crippen LogP contribution is -2.58. The van der Waals surface area contributed by atoms with Crippen LogP contribution in [-0.4, -0.2) is 54.6 Å². The molecule has 4 unspecified atom stereocenters. The highest BCUT2D eigenvalue weighted by Gasteiger charge is 2.40. The molecule has 0 aromatic heterocycles. The van der Waals surface area contributed by atoms with Crippen molar-refractivity contribution in [2.75, 3.05) is 32.7 Å². The fourth-order valence-electron chi connectivity index (χ4n) is 3.05. The van der Waals surface area contributed by atoms with Crippen LogP contribution >= 0.6 is 0 Å². The van der Waals surface area contributed by atoms with E-state index < -0.39 is 0 Å². The third-order valence-corrected chi connectivity index (χ3v) is 4.15. The van der Waals surface area contributed by atoms with Crippen molar-refractivity contribution in [3.05, 3.63) is 0 Å². The van der Waals surface area contributed by atoms with Crippen LogP contribution in [0.2, 0.25) is 0 Å². The third-order valence-electron chi connectivity index (χ3n) is 4.15. The average molecular weight is 195 g/mol. The quantitative estimate of drug-likeness (QED) is 0.679. The fourth-order valence-corrected chi connectivity index (χ4v) is 3.05. The van der Waals surface area contributed by atoms with Gasteiger partial charge in [0.1, 0.15) is 0 Å².